The molecule has 0 amide bonds. The van der Waals surface area contributed by atoms with Crippen LogP contribution >= 0.6 is 0 Å². The van der Waals surface area contributed by atoms with Crippen LogP contribution < -0.4 is 4.74 Å². The van der Waals surface area contributed by atoms with Crippen molar-refractivity contribution in [2.75, 3.05) is 0 Å². The Hall–Kier alpha value is -4.24. The molecule has 0 aliphatic rings. The van der Waals surface area contributed by atoms with Crippen LogP contribution in [-0.2, 0) is 0 Å². The lowest BCUT2D eigenvalue weighted by Crippen LogP contribution is -2.11. The average Bonchev–Trinajstić information content (AvgIpc) is 2.85. The summed E-state index contributed by atoms with van der Waals surface area (Å²) < 4.78 is 6.08. The maximum Gasteiger partial charge on any atom is 0.343 e. The van der Waals surface area contributed by atoms with Gasteiger partial charge in [-0.1, -0.05) is 97.1 Å². The molecule has 4 aromatic carbocycles. The minimum atomic E-state index is -0.410. The van der Waals surface area contributed by atoms with Gasteiger partial charge in [0.1, 0.15) is 5.69 Å². The molecule has 148 valence electrons. The fourth-order valence-corrected chi connectivity index (χ4v) is 3.70. The van der Waals surface area contributed by atoms with Crippen LogP contribution in [0.25, 0.3) is 33.3 Å². The van der Waals surface area contributed by atoms with Gasteiger partial charge >= 0.3 is 5.97 Å². The number of aromatic nitrogens is 1. The van der Waals surface area contributed by atoms with Crippen LogP contribution in [0.3, 0.4) is 0 Å². The summed E-state index contributed by atoms with van der Waals surface area (Å²) in [6.45, 7) is 0. The first-order valence-corrected chi connectivity index (χ1v) is 10.1. The largest absolute Gasteiger partial charge is 0.420 e. The Morgan fingerprint density at radius 3 is 1.84 bits per heavy atom. The van der Waals surface area contributed by atoms with E-state index >= 15 is 0 Å². The zero-order valence-electron chi connectivity index (χ0n) is 16.7. The SMILES string of the molecule is O=C(Oc1c(-c2ccccc2)nc2ccccc2c1-c1ccccc1)c1ccccc1. The van der Waals surface area contributed by atoms with Crippen molar-refractivity contribution in [3.05, 3.63) is 121 Å². The second-order valence-corrected chi connectivity index (χ2v) is 7.17. The topological polar surface area (TPSA) is 39.2 Å². The van der Waals surface area contributed by atoms with Crippen LogP contribution in [0.1, 0.15) is 10.4 Å². The first kappa shape index (κ1) is 18.8. The second kappa shape index (κ2) is 8.25. The van der Waals surface area contributed by atoms with Gasteiger partial charge in [-0.25, -0.2) is 9.78 Å². The molecule has 31 heavy (non-hydrogen) atoms. The summed E-state index contributed by atoms with van der Waals surface area (Å²) in [5.41, 5.74) is 4.70. The number of ether oxygens (including phenoxy) is 1. The molecule has 5 aromatic rings. The van der Waals surface area contributed by atoms with Crippen LogP contribution in [0.4, 0.5) is 0 Å². The van der Waals surface area contributed by atoms with E-state index in [9.17, 15) is 4.79 Å². The maximum atomic E-state index is 13.1. The highest BCUT2D eigenvalue weighted by Crippen LogP contribution is 2.42. The van der Waals surface area contributed by atoms with Crippen molar-refractivity contribution in [2.45, 2.75) is 0 Å². The Kier molecular flexibility index (Phi) is 4.99. The molecule has 0 radical (unpaired) electrons. The van der Waals surface area contributed by atoms with Gasteiger partial charge < -0.3 is 4.74 Å². The monoisotopic (exact) mass is 401 g/mol. The lowest BCUT2D eigenvalue weighted by Gasteiger charge is -2.17. The number of nitrogens with zero attached hydrogens (tertiary/aromatic N) is 1. The molecule has 0 saturated heterocycles. The molecule has 5 rings (SSSR count). The first-order chi connectivity index (χ1) is 15.3. The summed E-state index contributed by atoms with van der Waals surface area (Å²) in [5, 5.41) is 0.934. The van der Waals surface area contributed by atoms with Crippen molar-refractivity contribution in [3.8, 4) is 28.1 Å². The molecule has 0 saturated carbocycles. The van der Waals surface area contributed by atoms with E-state index in [0.717, 1.165) is 27.6 Å². The van der Waals surface area contributed by atoms with Gasteiger partial charge in [-0.15, -0.1) is 0 Å². The van der Waals surface area contributed by atoms with Gasteiger partial charge in [-0.05, 0) is 23.8 Å². The standard InChI is InChI=1S/C28H19NO2/c30-28(22-16-8-3-9-17-22)31-27-25(20-12-4-1-5-13-20)23-18-10-11-19-24(23)29-26(27)21-14-6-2-7-15-21/h1-19H. The van der Waals surface area contributed by atoms with Gasteiger partial charge in [0.05, 0.1) is 11.1 Å². The van der Waals surface area contributed by atoms with E-state index in [2.05, 4.69) is 0 Å². The maximum absolute atomic E-state index is 13.1. The highest BCUT2D eigenvalue weighted by Gasteiger charge is 2.22. The van der Waals surface area contributed by atoms with Gasteiger partial charge in [0.15, 0.2) is 5.75 Å². The number of carbonyl (C=O) groups is 1. The Labute approximate surface area is 180 Å². The summed E-state index contributed by atoms with van der Waals surface area (Å²) in [5.74, 6) is 0.0528. The molecule has 0 unspecified atom stereocenters. The Balaban J connectivity index is 1.81. The van der Waals surface area contributed by atoms with Crippen molar-refractivity contribution in [1.29, 1.82) is 0 Å². The number of para-hydroxylation sites is 1. The molecule has 3 heteroatoms. The molecule has 0 spiro atoms. The van der Waals surface area contributed by atoms with E-state index in [1.54, 1.807) is 12.1 Å². The lowest BCUT2D eigenvalue weighted by atomic mass is 9.96. The minimum Gasteiger partial charge on any atom is -0.420 e. The molecule has 0 atom stereocenters. The normalized spacial score (nSPS) is 10.7. The van der Waals surface area contributed by atoms with Crippen molar-refractivity contribution in [3.63, 3.8) is 0 Å². The molecule has 0 aliphatic carbocycles. The Morgan fingerprint density at radius 1 is 0.613 bits per heavy atom. The Bertz CT molecular complexity index is 1350. The summed E-state index contributed by atoms with van der Waals surface area (Å²) in [6.07, 6.45) is 0. The predicted molar refractivity (Wildman–Crippen MR) is 124 cm³/mol. The van der Waals surface area contributed by atoms with Crippen molar-refractivity contribution >= 4 is 16.9 Å². The number of rotatable bonds is 4. The van der Waals surface area contributed by atoms with Crippen LogP contribution in [0.15, 0.2) is 115 Å². The quantitative estimate of drug-likeness (QED) is 0.311. The number of carbonyl (C=O) groups excluding carboxylic acids is 1. The van der Waals surface area contributed by atoms with E-state index in [1.165, 1.54) is 0 Å². The molecule has 0 aliphatic heterocycles. The van der Waals surface area contributed by atoms with E-state index in [-0.39, 0.29) is 0 Å². The fourth-order valence-electron chi connectivity index (χ4n) is 3.70. The molecular weight excluding hydrogens is 382 g/mol. The predicted octanol–water partition coefficient (Wildman–Crippen LogP) is 6.79. The van der Waals surface area contributed by atoms with Gasteiger partial charge in [0.2, 0.25) is 0 Å². The molecule has 1 aromatic heterocycles. The third-order valence-corrected chi connectivity index (χ3v) is 5.16. The number of hydrogen-bond donors (Lipinski definition) is 0. The molecule has 0 bridgehead atoms. The first-order valence-electron chi connectivity index (χ1n) is 10.1. The van der Waals surface area contributed by atoms with Crippen LogP contribution in [0.5, 0.6) is 5.75 Å². The van der Waals surface area contributed by atoms with Crippen molar-refractivity contribution in [2.24, 2.45) is 0 Å². The number of esters is 1. The number of benzene rings is 4. The number of pyridine rings is 1. The summed E-state index contributed by atoms with van der Waals surface area (Å²) >= 11 is 0. The third-order valence-electron chi connectivity index (χ3n) is 5.16. The van der Waals surface area contributed by atoms with Gasteiger partial charge in [-0.2, -0.15) is 0 Å². The minimum absolute atomic E-state index is 0.410. The van der Waals surface area contributed by atoms with Gasteiger partial charge in [-0.3, -0.25) is 0 Å². The van der Waals surface area contributed by atoms with Crippen LogP contribution in [0.2, 0.25) is 0 Å². The highest BCUT2D eigenvalue weighted by molar-refractivity contribution is 6.03. The zero-order chi connectivity index (χ0) is 21.0. The second-order valence-electron chi connectivity index (χ2n) is 7.17. The highest BCUT2D eigenvalue weighted by atomic mass is 16.5. The smallest absolute Gasteiger partial charge is 0.343 e. The van der Waals surface area contributed by atoms with Gasteiger partial charge in [0.25, 0.3) is 0 Å². The van der Waals surface area contributed by atoms with Crippen molar-refractivity contribution < 1.29 is 9.53 Å². The van der Waals surface area contributed by atoms with E-state index in [0.29, 0.717) is 17.0 Å². The summed E-state index contributed by atoms with van der Waals surface area (Å²) in [7, 11) is 0. The van der Waals surface area contributed by atoms with Crippen LogP contribution in [-0.4, -0.2) is 11.0 Å². The number of hydrogen-bond acceptors (Lipinski definition) is 3. The summed E-state index contributed by atoms with van der Waals surface area (Å²) in [6, 6.07) is 36.8. The number of fused-ring (bicyclic) bond motifs is 1. The summed E-state index contributed by atoms with van der Waals surface area (Å²) in [4.78, 5) is 18.0. The molecular formula is C28H19NO2. The van der Waals surface area contributed by atoms with Gasteiger partial charge in [0, 0.05) is 16.5 Å². The molecule has 0 N–H and O–H groups in total. The van der Waals surface area contributed by atoms with Crippen LogP contribution in [0, 0.1) is 0 Å². The molecule has 1 heterocycles. The lowest BCUT2D eigenvalue weighted by molar-refractivity contribution is 0.0736. The Morgan fingerprint density at radius 2 is 1.16 bits per heavy atom. The van der Waals surface area contributed by atoms with Crippen molar-refractivity contribution in [1.82, 2.24) is 4.98 Å². The molecule has 0 fully saturated rings. The fraction of sp³-hybridized carbons (Fsp3) is 0. The van der Waals surface area contributed by atoms with E-state index in [4.69, 9.17) is 9.72 Å². The zero-order valence-corrected chi connectivity index (χ0v) is 16.7. The average molecular weight is 401 g/mol. The van der Waals surface area contributed by atoms with E-state index in [1.807, 2.05) is 103 Å². The molecule has 3 nitrogen and oxygen atoms in total. The third kappa shape index (κ3) is 3.69. The van der Waals surface area contributed by atoms with E-state index < -0.39 is 5.97 Å².